The van der Waals surface area contributed by atoms with E-state index in [2.05, 4.69) is 16.7 Å². The maximum Gasteiger partial charge on any atom is 0.332 e. The lowest BCUT2D eigenvalue weighted by atomic mass is 10.3. The average Bonchev–Trinajstić information content (AvgIpc) is 3.24. The van der Waals surface area contributed by atoms with Crippen molar-refractivity contribution in [3.8, 4) is 5.95 Å². The van der Waals surface area contributed by atoms with Crippen molar-refractivity contribution in [2.45, 2.75) is 53.6 Å². The first-order valence-electron chi connectivity index (χ1n) is 9.61. The molecule has 0 atom stereocenters. The molecule has 3 aromatic heterocycles. The van der Waals surface area contributed by atoms with E-state index in [4.69, 9.17) is 0 Å². The molecule has 0 saturated heterocycles. The van der Waals surface area contributed by atoms with Gasteiger partial charge in [0.05, 0.1) is 12.2 Å². The molecule has 0 fully saturated rings. The van der Waals surface area contributed by atoms with Gasteiger partial charge in [0.1, 0.15) is 5.78 Å². The lowest BCUT2D eigenvalue weighted by Gasteiger charge is -2.11. The Morgan fingerprint density at radius 3 is 2.34 bits per heavy atom. The molecule has 0 N–H and O–H groups in total. The number of aryl methyl sites for hydroxylation is 3. The molecule has 154 valence electrons. The van der Waals surface area contributed by atoms with E-state index in [0.717, 1.165) is 34.4 Å². The van der Waals surface area contributed by atoms with Crippen LogP contribution in [0.1, 0.15) is 39.1 Å². The Kier molecular flexibility index (Phi) is 5.41. The number of ketones is 1. The van der Waals surface area contributed by atoms with Crippen molar-refractivity contribution < 1.29 is 4.79 Å². The molecule has 3 rings (SSSR count). The molecular formula is C20H26N6O3. The Morgan fingerprint density at radius 2 is 1.79 bits per heavy atom. The van der Waals surface area contributed by atoms with E-state index in [1.54, 1.807) is 16.3 Å². The second-order valence-electron chi connectivity index (χ2n) is 7.31. The number of nitrogens with zero attached hydrogens (tertiary/aromatic N) is 6. The number of imidazole rings is 1. The van der Waals surface area contributed by atoms with E-state index in [9.17, 15) is 14.4 Å². The van der Waals surface area contributed by atoms with Crippen molar-refractivity contribution in [2.24, 2.45) is 7.05 Å². The summed E-state index contributed by atoms with van der Waals surface area (Å²) >= 11 is 0. The number of allylic oxidation sites excluding steroid dienone is 1. The van der Waals surface area contributed by atoms with Gasteiger partial charge in [-0.05, 0) is 32.8 Å². The zero-order valence-electron chi connectivity index (χ0n) is 17.5. The van der Waals surface area contributed by atoms with Crippen LogP contribution in [0.5, 0.6) is 0 Å². The minimum atomic E-state index is -0.574. The smallest absolute Gasteiger partial charge is 0.298 e. The molecule has 0 aliphatic rings. The molecule has 0 bridgehead atoms. The number of carbonyl (C=O) groups excluding carboxylic acids is 1. The van der Waals surface area contributed by atoms with Gasteiger partial charge in [0.15, 0.2) is 11.2 Å². The molecule has 3 heterocycles. The second-order valence-corrected chi connectivity index (χ2v) is 7.31. The van der Waals surface area contributed by atoms with Crippen LogP contribution < -0.4 is 11.2 Å². The number of aromatic nitrogens is 6. The first kappa shape index (κ1) is 20.5. The Labute approximate surface area is 167 Å². The molecule has 9 heteroatoms. The zero-order valence-corrected chi connectivity index (χ0v) is 17.5. The fraction of sp³-hybridized carbons (Fsp3) is 0.450. The summed E-state index contributed by atoms with van der Waals surface area (Å²) in [7, 11) is 1.55. The SMILES string of the molecule is C=C(C)Cn1c(-n2nc(CC)cc2CC)nc2c1c(=O)n(CC(C)=O)c(=O)n2C. The van der Waals surface area contributed by atoms with Crippen LogP contribution in [0.3, 0.4) is 0 Å². The van der Waals surface area contributed by atoms with Crippen molar-refractivity contribution >= 4 is 16.9 Å². The highest BCUT2D eigenvalue weighted by Gasteiger charge is 2.23. The lowest BCUT2D eigenvalue weighted by molar-refractivity contribution is -0.117. The van der Waals surface area contributed by atoms with Gasteiger partial charge in [0, 0.05) is 19.3 Å². The third-order valence-corrected chi connectivity index (χ3v) is 4.77. The van der Waals surface area contributed by atoms with Crippen molar-refractivity contribution in [3.05, 3.63) is 50.4 Å². The highest BCUT2D eigenvalue weighted by atomic mass is 16.2. The van der Waals surface area contributed by atoms with Crippen LogP contribution in [0.2, 0.25) is 0 Å². The van der Waals surface area contributed by atoms with E-state index in [0.29, 0.717) is 12.5 Å². The fourth-order valence-corrected chi connectivity index (χ4v) is 3.38. The van der Waals surface area contributed by atoms with E-state index < -0.39 is 11.2 Å². The van der Waals surface area contributed by atoms with Crippen LogP contribution in [0.4, 0.5) is 0 Å². The second kappa shape index (κ2) is 7.65. The largest absolute Gasteiger partial charge is 0.332 e. The van der Waals surface area contributed by atoms with Gasteiger partial charge in [-0.15, -0.1) is 0 Å². The van der Waals surface area contributed by atoms with Gasteiger partial charge < -0.3 is 0 Å². The highest BCUT2D eigenvalue weighted by molar-refractivity contribution is 5.76. The molecule has 0 aliphatic carbocycles. The molecule has 0 spiro atoms. The van der Waals surface area contributed by atoms with Gasteiger partial charge in [-0.3, -0.25) is 23.3 Å². The molecular weight excluding hydrogens is 372 g/mol. The van der Waals surface area contributed by atoms with Gasteiger partial charge in [-0.2, -0.15) is 10.1 Å². The minimum absolute atomic E-state index is 0.252. The first-order chi connectivity index (χ1) is 13.7. The molecule has 0 saturated carbocycles. The normalized spacial score (nSPS) is 11.3. The summed E-state index contributed by atoms with van der Waals surface area (Å²) in [5.41, 5.74) is 2.08. The number of hydrogen-bond acceptors (Lipinski definition) is 5. The quantitative estimate of drug-likeness (QED) is 0.560. The maximum absolute atomic E-state index is 13.2. The third-order valence-electron chi connectivity index (χ3n) is 4.77. The predicted molar refractivity (Wildman–Crippen MR) is 111 cm³/mol. The Balaban J connectivity index is 2.45. The monoisotopic (exact) mass is 398 g/mol. The number of hydrogen-bond donors (Lipinski definition) is 0. The Morgan fingerprint density at radius 1 is 1.10 bits per heavy atom. The first-order valence-corrected chi connectivity index (χ1v) is 9.61. The van der Waals surface area contributed by atoms with Gasteiger partial charge in [0.2, 0.25) is 5.95 Å². The lowest BCUT2D eigenvalue weighted by Crippen LogP contribution is -2.41. The minimum Gasteiger partial charge on any atom is -0.298 e. The highest BCUT2D eigenvalue weighted by Crippen LogP contribution is 2.19. The molecule has 0 aliphatic heterocycles. The van der Waals surface area contributed by atoms with Crippen molar-refractivity contribution in [2.75, 3.05) is 0 Å². The van der Waals surface area contributed by atoms with Gasteiger partial charge in [-0.1, -0.05) is 26.0 Å². The number of Topliss-reactive ketones (excluding diaryl/α,β-unsaturated/α-hetero) is 1. The van der Waals surface area contributed by atoms with Crippen molar-refractivity contribution in [1.82, 2.24) is 28.5 Å². The number of carbonyl (C=O) groups is 1. The molecule has 0 unspecified atom stereocenters. The zero-order chi connectivity index (χ0) is 21.5. The molecule has 9 nitrogen and oxygen atoms in total. The van der Waals surface area contributed by atoms with Crippen LogP contribution in [0.15, 0.2) is 27.8 Å². The summed E-state index contributed by atoms with van der Waals surface area (Å²) in [5, 5.41) is 4.64. The number of fused-ring (bicyclic) bond motifs is 1. The van der Waals surface area contributed by atoms with Crippen LogP contribution >= 0.6 is 0 Å². The molecule has 29 heavy (non-hydrogen) atoms. The molecule has 0 amide bonds. The standard InChI is InChI=1S/C20H26N6O3/c1-7-14-9-15(8-2)26(22-14)19-21-17-16(24(19)10-12(3)4)18(28)25(11-13(5)27)20(29)23(17)6/h9H,3,7-8,10-11H2,1-2,4-6H3. The summed E-state index contributed by atoms with van der Waals surface area (Å²) in [6.45, 7) is 11.3. The maximum atomic E-state index is 13.2. The molecule has 0 radical (unpaired) electrons. The van der Waals surface area contributed by atoms with Crippen molar-refractivity contribution in [1.29, 1.82) is 0 Å². The van der Waals surface area contributed by atoms with Crippen molar-refractivity contribution in [3.63, 3.8) is 0 Å². The third kappa shape index (κ3) is 3.48. The van der Waals surface area contributed by atoms with Gasteiger partial charge in [0.25, 0.3) is 5.56 Å². The van der Waals surface area contributed by atoms with Crippen LogP contribution in [0, 0.1) is 0 Å². The summed E-state index contributed by atoms with van der Waals surface area (Å²) in [6.07, 6.45) is 1.50. The van der Waals surface area contributed by atoms with Crippen LogP contribution in [-0.4, -0.2) is 34.2 Å². The Bertz CT molecular complexity index is 1240. The Hall–Kier alpha value is -3.23. The topological polar surface area (TPSA) is 96.7 Å². The van der Waals surface area contributed by atoms with Crippen LogP contribution in [-0.2, 0) is 37.8 Å². The van der Waals surface area contributed by atoms with Gasteiger partial charge in [-0.25, -0.2) is 9.48 Å². The summed E-state index contributed by atoms with van der Waals surface area (Å²) < 4.78 is 5.70. The van der Waals surface area contributed by atoms with E-state index in [1.165, 1.54) is 11.5 Å². The average molecular weight is 398 g/mol. The van der Waals surface area contributed by atoms with E-state index in [-0.39, 0.29) is 23.5 Å². The summed E-state index contributed by atoms with van der Waals surface area (Å²) in [4.78, 5) is 42.1. The molecule has 3 aromatic rings. The van der Waals surface area contributed by atoms with Gasteiger partial charge >= 0.3 is 5.69 Å². The predicted octanol–water partition coefficient (Wildman–Crippen LogP) is 1.37. The summed E-state index contributed by atoms with van der Waals surface area (Å²) in [6, 6.07) is 2.01. The van der Waals surface area contributed by atoms with Crippen LogP contribution in [0.25, 0.3) is 17.1 Å². The van der Waals surface area contributed by atoms with E-state index >= 15 is 0 Å². The fourth-order valence-electron chi connectivity index (χ4n) is 3.38. The van der Waals surface area contributed by atoms with E-state index in [1.807, 2.05) is 26.8 Å². The summed E-state index contributed by atoms with van der Waals surface area (Å²) in [5.74, 6) is 0.176. The number of rotatable bonds is 7. The molecule has 0 aromatic carbocycles.